The maximum absolute atomic E-state index is 12.4. The first-order valence-corrected chi connectivity index (χ1v) is 7.20. The average Bonchev–Trinajstić information content (AvgIpc) is 2.34. The molecular formula is C14H17NO3S. The quantitative estimate of drug-likeness (QED) is 0.593. The summed E-state index contributed by atoms with van der Waals surface area (Å²) in [6, 6.07) is 6.55. The van der Waals surface area contributed by atoms with Crippen molar-refractivity contribution in [1.82, 2.24) is 4.31 Å². The van der Waals surface area contributed by atoms with E-state index in [1.807, 2.05) is 6.92 Å². The minimum atomic E-state index is -3.65. The normalized spacial score (nSPS) is 11.5. The summed E-state index contributed by atoms with van der Waals surface area (Å²) < 4.78 is 25.8. The molecule has 0 heterocycles. The number of carbonyl (C=O) groups is 1. The van der Waals surface area contributed by atoms with Crippen LogP contribution < -0.4 is 0 Å². The summed E-state index contributed by atoms with van der Waals surface area (Å²) in [5.41, 5.74) is 0.980. The van der Waals surface area contributed by atoms with Gasteiger partial charge in [0.05, 0.1) is 11.4 Å². The van der Waals surface area contributed by atoms with E-state index >= 15 is 0 Å². The molecule has 0 fully saturated rings. The minimum Gasteiger partial charge on any atom is -0.295 e. The number of rotatable bonds is 6. The zero-order chi connectivity index (χ0) is 14.5. The van der Waals surface area contributed by atoms with Crippen molar-refractivity contribution in [3.63, 3.8) is 0 Å². The summed E-state index contributed by atoms with van der Waals surface area (Å²) in [5, 5.41) is 0. The van der Waals surface area contributed by atoms with E-state index in [2.05, 4.69) is 6.58 Å². The van der Waals surface area contributed by atoms with Crippen molar-refractivity contribution in [2.75, 3.05) is 6.54 Å². The van der Waals surface area contributed by atoms with Gasteiger partial charge in [-0.05, 0) is 32.1 Å². The van der Waals surface area contributed by atoms with E-state index in [1.54, 1.807) is 24.3 Å². The number of sulfonamides is 1. The van der Waals surface area contributed by atoms with E-state index in [9.17, 15) is 13.2 Å². The maximum atomic E-state index is 12.4. The standard InChI is InChI=1S/C14H17NO3S/c1-4-10-15(11-9-13(3)16)19(17,18)14-7-5-12(2)6-8-14/h4-9,11H,1,10H2,2-3H3/b11-9+. The molecule has 1 rings (SSSR count). The first-order chi connectivity index (χ1) is 8.87. The van der Waals surface area contributed by atoms with Gasteiger partial charge in [-0.1, -0.05) is 23.8 Å². The number of hydrogen-bond acceptors (Lipinski definition) is 3. The highest BCUT2D eigenvalue weighted by Crippen LogP contribution is 2.16. The molecule has 0 N–H and O–H groups in total. The zero-order valence-corrected chi connectivity index (χ0v) is 11.9. The van der Waals surface area contributed by atoms with Crippen molar-refractivity contribution in [1.29, 1.82) is 0 Å². The molecule has 0 aliphatic rings. The molecule has 1 aromatic rings. The molecular weight excluding hydrogens is 262 g/mol. The Hall–Kier alpha value is -1.88. The Morgan fingerprint density at radius 1 is 1.32 bits per heavy atom. The molecule has 0 atom stereocenters. The summed E-state index contributed by atoms with van der Waals surface area (Å²) in [6.07, 6.45) is 3.95. The molecule has 0 spiro atoms. The Kier molecular flexibility index (Phi) is 5.06. The van der Waals surface area contributed by atoms with Gasteiger partial charge in [-0.3, -0.25) is 9.10 Å². The third-order valence-electron chi connectivity index (χ3n) is 2.41. The molecule has 0 unspecified atom stereocenters. The lowest BCUT2D eigenvalue weighted by Gasteiger charge is -2.18. The third-order valence-corrected chi connectivity index (χ3v) is 4.17. The first kappa shape index (κ1) is 15.2. The summed E-state index contributed by atoms with van der Waals surface area (Å²) in [5.74, 6) is -0.215. The number of aryl methyl sites for hydroxylation is 1. The Morgan fingerprint density at radius 3 is 2.37 bits per heavy atom. The Labute approximate surface area is 114 Å². The van der Waals surface area contributed by atoms with E-state index in [0.717, 1.165) is 9.87 Å². The molecule has 0 aliphatic heterocycles. The second-order valence-corrected chi connectivity index (χ2v) is 5.99. The van der Waals surface area contributed by atoms with E-state index in [-0.39, 0.29) is 17.2 Å². The average molecular weight is 279 g/mol. The molecule has 102 valence electrons. The molecule has 0 amide bonds. The van der Waals surface area contributed by atoms with E-state index in [4.69, 9.17) is 0 Å². The minimum absolute atomic E-state index is 0.111. The Morgan fingerprint density at radius 2 is 1.89 bits per heavy atom. The fourth-order valence-electron chi connectivity index (χ4n) is 1.40. The largest absolute Gasteiger partial charge is 0.295 e. The van der Waals surface area contributed by atoms with Gasteiger partial charge < -0.3 is 0 Å². The molecule has 1 aromatic carbocycles. The number of benzene rings is 1. The van der Waals surface area contributed by atoms with Gasteiger partial charge in [-0.25, -0.2) is 8.42 Å². The van der Waals surface area contributed by atoms with Crippen molar-refractivity contribution in [3.05, 3.63) is 54.8 Å². The number of ketones is 1. The molecule has 0 radical (unpaired) electrons. The van der Waals surface area contributed by atoms with Gasteiger partial charge in [0.1, 0.15) is 0 Å². The SMILES string of the molecule is C=CCN(/C=C/C(C)=O)S(=O)(=O)c1ccc(C)cc1. The highest BCUT2D eigenvalue weighted by molar-refractivity contribution is 7.89. The van der Waals surface area contributed by atoms with Gasteiger partial charge in [0.15, 0.2) is 5.78 Å². The molecule has 0 aliphatic carbocycles. The van der Waals surface area contributed by atoms with Crippen LogP contribution in [0.2, 0.25) is 0 Å². The summed E-state index contributed by atoms with van der Waals surface area (Å²) in [6.45, 7) is 6.88. The molecule has 0 bridgehead atoms. The van der Waals surface area contributed by atoms with Crippen LogP contribution in [0.1, 0.15) is 12.5 Å². The lowest BCUT2D eigenvalue weighted by Crippen LogP contribution is -2.26. The van der Waals surface area contributed by atoms with Crippen LogP contribution in [0.15, 0.2) is 54.1 Å². The van der Waals surface area contributed by atoms with Crippen LogP contribution in [0.4, 0.5) is 0 Å². The smallest absolute Gasteiger partial charge is 0.264 e. The van der Waals surface area contributed by atoms with Gasteiger partial charge >= 0.3 is 0 Å². The van der Waals surface area contributed by atoms with Gasteiger partial charge in [0.2, 0.25) is 0 Å². The second-order valence-electron chi connectivity index (χ2n) is 4.10. The topological polar surface area (TPSA) is 54.5 Å². The highest BCUT2D eigenvalue weighted by atomic mass is 32.2. The van der Waals surface area contributed by atoms with Gasteiger partial charge in [-0.15, -0.1) is 6.58 Å². The van der Waals surface area contributed by atoms with Crippen LogP contribution in [0, 0.1) is 6.92 Å². The van der Waals surface area contributed by atoms with Crippen LogP contribution in [0.5, 0.6) is 0 Å². The zero-order valence-electron chi connectivity index (χ0n) is 11.0. The number of allylic oxidation sites excluding steroid dienone is 1. The Bertz CT molecular complexity index is 586. The van der Waals surface area contributed by atoms with Crippen molar-refractivity contribution >= 4 is 15.8 Å². The van der Waals surface area contributed by atoms with E-state index < -0.39 is 10.0 Å². The van der Waals surface area contributed by atoms with Crippen LogP contribution in [0.25, 0.3) is 0 Å². The fraction of sp³-hybridized carbons (Fsp3) is 0.214. The monoisotopic (exact) mass is 279 g/mol. The lowest BCUT2D eigenvalue weighted by atomic mass is 10.2. The molecule has 4 nitrogen and oxygen atoms in total. The van der Waals surface area contributed by atoms with Crippen molar-refractivity contribution in [2.45, 2.75) is 18.7 Å². The van der Waals surface area contributed by atoms with E-state index in [1.165, 1.54) is 25.3 Å². The summed E-state index contributed by atoms with van der Waals surface area (Å²) in [4.78, 5) is 11.1. The molecule has 5 heteroatoms. The van der Waals surface area contributed by atoms with Crippen molar-refractivity contribution in [2.24, 2.45) is 0 Å². The lowest BCUT2D eigenvalue weighted by molar-refractivity contribution is -0.112. The van der Waals surface area contributed by atoms with E-state index in [0.29, 0.717) is 0 Å². The van der Waals surface area contributed by atoms with Crippen molar-refractivity contribution in [3.8, 4) is 0 Å². The Balaban J connectivity index is 3.15. The van der Waals surface area contributed by atoms with Crippen LogP contribution in [-0.4, -0.2) is 25.1 Å². The predicted octanol–water partition coefficient (Wildman–Crippen LogP) is 2.27. The van der Waals surface area contributed by atoms with Crippen LogP contribution in [-0.2, 0) is 14.8 Å². The van der Waals surface area contributed by atoms with Gasteiger partial charge in [0.25, 0.3) is 10.0 Å². The maximum Gasteiger partial charge on any atom is 0.264 e. The van der Waals surface area contributed by atoms with Crippen LogP contribution in [0.3, 0.4) is 0 Å². The highest BCUT2D eigenvalue weighted by Gasteiger charge is 2.20. The number of hydrogen-bond donors (Lipinski definition) is 0. The van der Waals surface area contributed by atoms with Gasteiger partial charge in [0, 0.05) is 6.20 Å². The van der Waals surface area contributed by atoms with Crippen LogP contribution >= 0.6 is 0 Å². The fourth-order valence-corrected chi connectivity index (χ4v) is 2.67. The summed E-state index contributed by atoms with van der Waals surface area (Å²) in [7, 11) is -3.65. The predicted molar refractivity (Wildman–Crippen MR) is 75.1 cm³/mol. The third kappa shape index (κ3) is 4.06. The number of nitrogens with zero attached hydrogens (tertiary/aromatic N) is 1. The van der Waals surface area contributed by atoms with Gasteiger partial charge in [-0.2, -0.15) is 0 Å². The summed E-state index contributed by atoms with van der Waals surface area (Å²) >= 11 is 0. The first-order valence-electron chi connectivity index (χ1n) is 5.76. The second kappa shape index (κ2) is 6.33. The number of carbonyl (C=O) groups excluding carboxylic acids is 1. The molecule has 0 saturated heterocycles. The molecule has 0 saturated carbocycles. The molecule has 0 aromatic heterocycles. The molecule has 19 heavy (non-hydrogen) atoms. The van der Waals surface area contributed by atoms with Crippen molar-refractivity contribution < 1.29 is 13.2 Å².